The molecule has 0 radical (unpaired) electrons. The largest absolute Gasteiger partial charge is 0.358 e. The van der Waals surface area contributed by atoms with Crippen LogP contribution < -0.4 is 9.80 Å². The standard InChI is InChI=1S/C24H34N4O4S/c29-23(25-12-4-1-5-13-25)18-28-22-17-19(33(31,32)26-14-6-2-7-15-26)10-11-20(22)27-16-8-3-9-21(27)24(28)30/h10-11,17,21H,1-9,12-16,18H2. The topological polar surface area (TPSA) is 81.2 Å². The minimum absolute atomic E-state index is 0.0244. The van der Waals surface area contributed by atoms with Gasteiger partial charge in [-0.3, -0.25) is 14.5 Å². The minimum atomic E-state index is -3.63. The molecule has 5 rings (SSSR count). The Kier molecular flexibility index (Phi) is 6.35. The number of nitrogens with zero attached hydrogens (tertiary/aromatic N) is 4. The fourth-order valence-electron chi connectivity index (χ4n) is 5.69. The van der Waals surface area contributed by atoms with E-state index in [1.165, 1.54) is 0 Å². The van der Waals surface area contributed by atoms with Crippen molar-refractivity contribution in [3.05, 3.63) is 18.2 Å². The molecule has 4 aliphatic heterocycles. The van der Waals surface area contributed by atoms with Crippen LogP contribution in [0, 0.1) is 0 Å². The highest BCUT2D eigenvalue weighted by Crippen LogP contribution is 2.41. The second-order valence-electron chi connectivity index (χ2n) is 9.69. The van der Waals surface area contributed by atoms with Gasteiger partial charge in [-0.15, -0.1) is 0 Å². The predicted molar refractivity (Wildman–Crippen MR) is 127 cm³/mol. The number of benzene rings is 1. The van der Waals surface area contributed by atoms with Crippen LogP contribution in [0.1, 0.15) is 57.8 Å². The smallest absolute Gasteiger partial charge is 0.250 e. The van der Waals surface area contributed by atoms with Crippen LogP contribution in [-0.4, -0.2) is 74.7 Å². The van der Waals surface area contributed by atoms with Gasteiger partial charge >= 0.3 is 0 Å². The summed E-state index contributed by atoms with van der Waals surface area (Å²) < 4.78 is 28.2. The highest BCUT2D eigenvalue weighted by atomic mass is 32.2. The maximum atomic E-state index is 13.6. The summed E-state index contributed by atoms with van der Waals surface area (Å²) in [6.45, 7) is 3.27. The lowest BCUT2D eigenvalue weighted by molar-refractivity contribution is -0.132. The molecule has 8 nitrogen and oxygen atoms in total. The molecule has 0 saturated carbocycles. The number of piperidine rings is 3. The maximum absolute atomic E-state index is 13.6. The van der Waals surface area contributed by atoms with E-state index in [0.29, 0.717) is 18.8 Å². The van der Waals surface area contributed by atoms with E-state index in [1.807, 2.05) is 11.0 Å². The van der Waals surface area contributed by atoms with Crippen LogP contribution in [0.2, 0.25) is 0 Å². The van der Waals surface area contributed by atoms with Crippen molar-refractivity contribution in [1.29, 1.82) is 0 Å². The number of hydrogen-bond donors (Lipinski definition) is 0. The molecule has 9 heteroatoms. The molecule has 2 amide bonds. The van der Waals surface area contributed by atoms with Crippen molar-refractivity contribution >= 4 is 33.2 Å². The molecule has 1 atom stereocenters. The average Bonchev–Trinajstić information content (AvgIpc) is 2.87. The van der Waals surface area contributed by atoms with Crippen molar-refractivity contribution in [3.63, 3.8) is 0 Å². The van der Waals surface area contributed by atoms with Crippen molar-refractivity contribution in [3.8, 4) is 0 Å². The summed E-state index contributed by atoms with van der Waals surface area (Å²) in [5, 5.41) is 0. The van der Waals surface area contributed by atoms with Crippen molar-refractivity contribution < 1.29 is 18.0 Å². The Bertz CT molecular complexity index is 1020. The van der Waals surface area contributed by atoms with Crippen molar-refractivity contribution in [1.82, 2.24) is 9.21 Å². The van der Waals surface area contributed by atoms with E-state index in [-0.39, 0.29) is 29.3 Å². The SMILES string of the molecule is O=C(CN1C(=O)C2CCCCN2c2ccc(S(=O)(=O)N3CCCCC3)cc21)N1CCCCC1. The zero-order chi connectivity index (χ0) is 23.0. The van der Waals surface area contributed by atoms with E-state index in [2.05, 4.69) is 4.90 Å². The van der Waals surface area contributed by atoms with Gasteiger partial charge in [0.25, 0.3) is 0 Å². The van der Waals surface area contributed by atoms with Gasteiger partial charge in [0.15, 0.2) is 0 Å². The number of amides is 2. The van der Waals surface area contributed by atoms with E-state index in [1.54, 1.807) is 21.3 Å². The third kappa shape index (κ3) is 4.25. The summed E-state index contributed by atoms with van der Waals surface area (Å²) in [4.78, 5) is 32.4. The third-order valence-electron chi connectivity index (χ3n) is 7.56. The molecule has 1 unspecified atom stereocenters. The number of rotatable bonds is 4. The molecule has 33 heavy (non-hydrogen) atoms. The highest BCUT2D eigenvalue weighted by Gasteiger charge is 2.41. The summed E-state index contributed by atoms with van der Waals surface area (Å²) >= 11 is 0. The summed E-state index contributed by atoms with van der Waals surface area (Å²) in [6.07, 6.45) is 8.65. The Labute approximate surface area is 196 Å². The van der Waals surface area contributed by atoms with Gasteiger partial charge in [-0.25, -0.2) is 8.42 Å². The van der Waals surface area contributed by atoms with Gasteiger partial charge in [0.1, 0.15) is 12.6 Å². The molecule has 4 heterocycles. The van der Waals surface area contributed by atoms with E-state index in [0.717, 1.165) is 83.1 Å². The number of carbonyl (C=O) groups is 2. The average molecular weight is 475 g/mol. The Morgan fingerprint density at radius 1 is 0.848 bits per heavy atom. The van der Waals surface area contributed by atoms with E-state index in [4.69, 9.17) is 0 Å². The minimum Gasteiger partial charge on any atom is -0.358 e. The van der Waals surface area contributed by atoms with E-state index < -0.39 is 10.0 Å². The monoisotopic (exact) mass is 474 g/mol. The highest BCUT2D eigenvalue weighted by molar-refractivity contribution is 7.89. The van der Waals surface area contributed by atoms with E-state index in [9.17, 15) is 18.0 Å². The fraction of sp³-hybridized carbons (Fsp3) is 0.667. The molecule has 180 valence electrons. The van der Waals surface area contributed by atoms with Crippen LogP contribution in [0.15, 0.2) is 23.1 Å². The first-order valence-corrected chi connectivity index (χ1v) is 13.9. The predicted octanol–water partition coefficient (Wildman–Crippen LogP) is 2.58. The molecule has 1 aromatic rings. The first-order chi connectivity index (χ1) is 16.0. The Morgan fingerprint density at radius 3 is 2.24 bits per heavy atom. The van der Waals surface area contributed by atoms with Gasteiger partial charge in [0.05, 0.1) is 16.3 Å². The molecule has 0 spiro atoms. The lowest BCUT2D eigenvalue weighted by Gasteiger charge is -2.45. The van der Waals surface area contributed by atoms with Crippen LogP contribution in [0.3, 0.4) is 0 Å². The maximum Gasteiger partial charge on any atom is 0.250 e. The van der Waals surface area contributed by atoms with Gasteiger partial charge in [-0.2, -0.15) is 4.31 Å². The summed E-state index contributed by atoms with van der Waals surface area (Å²) in [7, 11) is -3.63. The Hall–Kier alpha value is -2.13. The number of fused-ring (bicyclic) bond motifs is 3. The molecule has 0 N–H and O–H groups in total. The molecule has 0 aromatic heterocycles. The molecule has 0 bridgehead atoms. The second kappa shape index (κ2) is 9.25. The molecule has 4 aliphatic rings. The Morgan fingerprint density at radius 2 is 1.52 bits per heavy atom. The van der Waals surface area contributed by atoms with Gasteiger partial charge in [0, 0.05) is 32.7 Å². The molecule has 0 aliphatic carbocycles. The lowest BCUT2D eigenvalue weighted by atomic mass is 9.96. The summed E-state index contributed by atoms with van der Waals surface area (Å²) in [6, 6.07) is 4.88. The fourth-order valence-corrected chi connectivity index (χ4v) is 7.23. The van der Waals surface area contributed by atoms with Gasteiger partial charge in [-0.05, 0) is 69.6 Å². The quantitative estimate of drug-likeness (QED) is 0.670. The van der Waals surface area contributed by atoms with Crippen LogP contribution in [-0.2, 0) is 19.6 Å². The third-order valence-corrected chi connectivity index (χ3v) is 9.45. The normalized spacial score (nSPS) is 24.4. The zero-order valence-corrected chi connectivity index (χ0v) is 20.1. The molecule has 1 aromatic carbocycles. The number of carbonyl (C=O) groups excluding carboxylic acids is 2. The number of likely N-dealkylation sites (tertiary alicyclic amines) is 1. The van der Waals surface area contributed by atoms with Gasteiger partial charge < -0.3 is 9.80 Å². The van der Waals surface area contributed by atoms with Crippen LogP contribution >= 0.6 is 0 Å². The van der Waals surface area contributed by atoms with Crippen LogP contribution in [0.5, 0.6) is 0 Å². The molecular weight excluding hydrogens is 440 g/mol. The molecule has 3 saturated heterocycles. The van der Waals surface area contributed by atoms with Gasteiger partial charge in [0.2, 0.25) is 21.8 Å². The number of anilines is 2. The van der Waals surface area contributed by atoms with Crippen molar-refractivity contribution in [2.75, 3.05) is 49.1 Å². The van der Waals surface area contributed by atoms with Crippen molar-refractivity contribution in [2.45, 2.75) is 68.7 Å². The number of sulfonamides is 1. The van der Waals surface area contributed by atoms with E-state index >= 15 is 0 Å². The second-order valence-corrected chi connectivity index (χ2v) is 11.6. The lowest BCUT2D eigenvalue weighted by Crippen LogP contribution is -2.57. The van der Waals surface area contributed by atoms with Crippen molar-refractivity contribution in [2.24, 2.45) is 0 Å². The zero-order valence-electron chi connectivity index (χ0n) is 19.2. The first-order valence-electron chi connectivity index (χ1n) is 12.5. The first kappa shape index (κ1) is 22.7. The summed E-state index contributed by atoms with van der Waals surface area (Å²) in [5.74, 6) is -0.136. The number of hydrogen-bond acceptors (Lipinski definition) is 5. The molecular formula is C24H34N4O4S. The van der Waals surface area contributed by atoms with Crippen LogP contribution in [0.25, 0.3) is 0 Å². The van der Waals surface area contributed by atoms with Gasteiger partial charge in [-0.1, -0.05) is 6.42 Å². The Balaban J connectivity index is 1.50. The van der Waals surface area contributed by atoms with Crippen LogP contribution in [0.4, 0.5) is 11.4 Å². The summed E-state index contributed by atoms with van der Waals surface area (Å²) in [5.41, 5.74) is 1.42. The molecule has 3 fully saturated rings.